The molecule has 2 aromatic heterocycles. The third-order valence-corrected chi connectivity index (χ3v) is 5.44. The third-order valence-electron chi connectivity index (χ3n) is 4.55. The molecule has 1 fully saturated rings. The Hall–Kier alpha value is -3.39. The zero-order chi connectivity index (χ0) is 19.8. The summed E-state index contributed by atoms with van der Waals surface area (Å²) in [4.78, 5) is 31.8. The van der Waals surface area contributed by atoms with Gasteiger partial charge in [0.05, 0.1) is 16.3 Å². The van der Waals surface area contributed by atoms with Crippen LogP contribution in [0.5, 0.6) is 0 Å². The average molecular weight is 391 g/mol. The van der Waals surface area contributed by atoms with Crippen molar-refractivity contribution in [3.05, 3.63) is 81.4 Å². The molecule has 4 rings (SSSR count). The fourth-order valence-corrected chi connectivity index (χ4v) is 3.96. The fraction of sp³-hybridized carbons (Fsp3) is 0.100. The second-order valence-corrected chi connectivity index (χ2v) is 7.28. The lowest BCUT2D eigenvalue weighted by atomic mass is 10.2. The summed E-state index contributed by atoms with van der Waals surface area (Å²) in [5, 5.41) is 8.31. The minimum Gasteiger partial charge on any atom is -0.283 e. The van der Waals surface area contributed by atoms with E-state index in [1.165, 1.54) is 9.58 Å². The number of amides is 1. The molecular weight excluding hydrogens is 374 g/mol. The fourth-order valence-electron chi connectivity index (χ4n) is 3.11. The standard InChI is InChI=1S/C20H17N5O2S/c1-13-17(19(27)25(23(13)2)15-8-4-3-5-9-15)24-18(26)16(28-20(24)21)11-14-7-6-10-22-12-14/h3-12,21H,1-2H3/b16-11-,21-20?. The molecule has 0 bridgehead atoms. The Kier molecular flexibility index (Phi) is 4.48. The lowest BCUT2D eigenvalue weighted by Crippen LogP contribution is -2.33. The van der Waals surface area contributed by atoms with Crippen molar-refractivity contribution < 1.29 is 4.79 Å². The van der Waals surface area contributed by atoms with E-state index < -0.39 is 0 Å². The zero-order valence-electron chi connectivity index (χ0n) is 15.3. The van der Waals surface area contributed by atoms with E-state index in [2.05, 4.69) is 4.98 Å². The number of carbonyl (C=O) groups is 1. The van der Waals surface area contributed by atoms with Gasteiger partial charge in [-0.25, -0.2) is 9.58 Å². The topological polar surface area (TPSA) is 84.0 Å². The Balaban J connectivity index is 1.80. The molecule has 0 atom stereocenters. The first-order chi connectivity index (χ1) is 13.5. The van der Waals surface area contributed by atoms with E-state index in [1.807, 2.05) is 36.4 Å². The van der Waals surface area contributed by atoms with Crippen molar-refractivity contribution in [2.24, 2.45) is 7.05 Å². The number of para-hydroxylation sites is 1. The highest BCUT2D eigenvalue weighted by molar-refractivity contribution is 8.19. The minimum absolute atomic E-state index is 0.00570. The molecular formula is C20H17N5O2S. The summed E-state index contributed by atoms with van der Waals surface area (Å²) in [6, 6.07) is 12.8. The predicted molar refractivity (Wildman–Crippen MR) is 111 cm³/mol. The summed E-state index contributed by atoms with van der Waals surface area (Å²) in [5.41, 5.74) is 1.92. The SMILES string of the molecule is Cc1c(N2C(=N)S/C(=C\c3cccnc3)C2=O)c(=O)n(-c2ccccc2)n1C. The van der Waals surface area contributed by atoms with E-state index in [4.69, 9.17) is 5.41 Å². The van der Waals surface area contributed by atoms with Crippen LogP contribution in [0, 0.1) is 12.3 Å². The van der Waals surface area contributed by atoms with Gasteiger partial charge in [-0.2, -0.15) is 0 Å². The van der Waals surface area contributed by atoms with Gasteiger partial charge in [0, 0.05) is 19.4 Å². The first kappa shape index (κ1) is 18.0. The van der Waals surface area contributed by atoms with Crippen LogP contribution in [0.2, 0.25) is 0 Å². The predicted octanol–water partition coefficient (Wildman–Crippen LogP) is 2.94. The number of hydrogen-bond acceptors (Lipinski definition) is 5. The molecule has 0 spiro atoms. The maximum Gasteiger partial charge on any atom is 0.296 e. The average Bonchev–Trinajstić information content (AvgIpc) is 3.09. The molecule has 0 unspecified atom stereocenters. The van der Waals surface area contributed by atoms with Crippen LogP contribution in [-0.2, 0) is 11.8 Å². The van der Waals surface area contributed by atoms with E-state index in [0.29, 0.717) is 16.3 Å². The third kappa shape index (κ3) is 2.87. The Morgan fingerprint density at radius 3 is 2.54 bits per heavy atom. The number of aromatic nitrogens is 3. The van der Waals surface area contributed by atoms with E-state index in [-0.39, 0.29) is 22.3 Å². The summed E-state index contributed by atoms with van der Waals surface area (Å²) < 4.78 is 3.19. The Bertz CT molecular complexity index is 1160. The van der Waals surface area contributed by atoms with Gasteiger partial charge in [-0.05, 0) is 48.5 Å². The normalized spacial score (nSPS) is 15.6. The van der Waals surface area contributed by atoms with Crippen LogP contribution in [-0.4, -0.2) is 25.4 Å². The second-order valence-electron chi connectivity index (χ2n) is 6.25. The van der Waals surface area contributed by atoms with Crippen molar-refractivity contribution >= 4 is 34.6 Å². The molecule has 1 saturated heterocycles. The van der Waals surface area contributed by atoms with Crippen molar-refractivity contribution in [1.29, 1.82) is 5.41 Å². The number of benzene rings is 1. The highest BCUT2D eigenvalue weighted by Gasteiger charge is 2.37. The van der Waals surface area contributed by atoms with Crippen LogP contribution >= 0.6 is 11.8 Å². The first-order valence-corrected chi connectivity index (χ1v) is 9.37. The molecule has 3 aromatic rings. The lowest BCUT2D eigenvalue weighted by Gasteiger charge is -2.12. The number of rotatable bonds is 3. The Morgan fingerprint density at radius 2 is 1.86 bits per heavy atom. The van der Waals surface area contributed by atoms with Gasteiger partial charge in [0.2, 0.25) is 0 Å². The summed E-state index contributed by atoms with van der Waals surface area (Å²) in [5.74, 6) is -0.384. The Morgan fingerprint density at radius 1 is 1.11 bits per heavy atom. The molecule has 140 valence electrons. The largest absolute Gasteiger partial charge is 0.296 e. The van der Waals surface area contributed by atoms with Crippen molar-refractivity contribution in [2.45, 2.75) is 6.92 Å². The van der Waals surface area contributed by atoms with Crippen LogP contribution in [0.4, 0.5) is 5.69 Å². The van der Waals surface area contributed by atoms with Crippen molar-refractivity contribution in [3.8, 4) is 5.69 Å². The van der Waals surface area contributed by atoms with Crippen LogP contribution in [0.1, 0.15) is 11.3 Å². The number of amidine groups is 1. The molecule has 1 amide bonds. The molecule has 0 aliphatic carbocycles. The number of nitrogens with one attached hydrogen (secondary N) is 1. The highest BCUT2D eigenvalue weighted by Crippen LogP contribution is 2.35. The minimum atomic E-state index is -0.384. The molecule has 8 heteroatoms. The van der Waals surface area contributed by atoms with Gasteiger partial charge in [0.15, 0.2) is 5.17 Å². The number of pyridine rings is 1. The van der Waals surface area contributed by atoms with Crippen LogP contribution < -0.4 is 10.5 Å². The van der Waals surface area contributed by atoms with Crippen molar-refractivity contribution in [1.82, 2.24) is 14.3 Å². The van der Waals surface area contributed by atoms with Gasteiger partial charge >= 0.3 is 0 Å². The van der Waals surface area contributed by atoms with Gasteiger partial charge in [0.25, 0.3) is 11.5 Å². The number of hydrogen-bond donors (Lipinski definition) is 1. The smallest absolute Gasteiger partial charge is 0.283 e. The number of anilines is 1. The monoisotopic (exact) mass is 391 g/mol. The van der Waals surface area contributed by atoms with Gasteiger partial charge in [-0.3, -0.25) is 24.7 Å². The second kappa shape index (κ2) is 6.97. The molecule has 0 saturated carbocycles. The van der Waals surface area contributed by atoms with E-state index >= 15 is 0 Å². The van der Waals surface area contributed by atoms with Gasteiger partial charge in [-0.1, -0.05) is 24.3 Å². The van der Waals surface area contributed by atoms with Crippen LogP contribution in [0.25, 0.3) is 11.8 Å². The maximum atomic E-state index is 13.2. The number of thioether (sulfide) groups is 1. The molecule has 1 N–H and O–H groups in total. The number of nitrogens with zero attached hydrogens (tertiary/aromatic N) is 4. The summed E-state index contributed by atoms with van der Waals surface area (Å²) in [6.45, 7) is 1.77. The molecule has 1 aromatic carbocycles. The van der Waals surface area contributed by atoms with E-state index in [1.54, 1.807) is 43.2 Å². The molecule has 1 aliphatic rings. The maximum absolute atomic E-state index is 13.2. The quantitative estimate of drug-likeness (QED) is 0.696. The molecule has 0 radical (unpaired) electrons. The van der Waals surface area contributed by atoms with Crippen molar-refractivity contribution in [2.75, 3.05) is 4.90 Å². The van der Waals surface area contributed by atoms with E-state index in [0.717, 1.165) is 17.3 Å². The molecule has 1 aliphatic heterocycles. The van der Waals surface area contributed by atoms with E-state index in [9.17, 15) is 9.59 Å². The first-order valence-electron chi connectivity index (χ1n) is 8.55. The lowest BCUT2D eigenvalue weighted by molar-refractivity contribution is -0.113. The molecule has 28 heavy (non-hydrogen) atoms. The van der Waals surface area contributed by atoms with Crippen LogP contribution in [0.3, 0.4) is 0 Å². The zero-order valence-corrected chi connectivity index (χ0v) is 16.1. The summed E-state index contributed by atoms with van der Waals surface area (Å²) >= 11 is 1.04. The van der Waals surface area contributed by atoms with Crippen LogP contribution in [0.15, 0.2) is 64.6 Å². The highest BCUT2D eigenvalue weighted by atomic mass is 32.2. The summed E-state index contributed by atoms with van der Waals surface area (Å²) in [6.07, 6.45) is 4.98. The summed E-state index contributed by atoms with van der Waals surface area (Å²) in [7, 11) is 1.76. The van der Waals surface area contributed by atoms with Gasteiger partial charge in [-0.15, -0.1) is 0 Å². The molecule has 7 nitrogen and oxygen atoms in total. The van der Waals surface area contributed by atoms with Gasteiger partial charge in [0.1, 0.15) is 5.69 Å². The van der Waals surface area contributed by atoms with Gasteiger partial charge < -0.3 is 0 Å². The van der Waals surface area contributed by atoms with Crippen molar-refractivity contribution in [3.63, 3.8) is 0 Å². The molecule has 3 heterocycles. The Labute approximate surface area is 165 Å². The number of carbonyl (C=O) groups excluding carboxylic acids is 1.